The Morgan fingerprint density at radius 2 is 1.97 bits per heavy atom. The minimum Gasteiger partial charge on any atom is -0.373 e. The minimum absolute atomic E-state index is 0.0432. The van der Waals surface area contributed by atoms with Crippen molar-refractivity contribution < 1.29 is 14.3 Å². The zero-order valence-corrected chi connectivity index (χ0v) is 17.7. The van der Waals surface area contributed by atoms with Gasteiger partial charge in [0.1, 0.15) is 12.1 Å². The molecule has 0 radical (unpaired) electrons. The number of rotatable bonds is 6. The lowest BCUT2D eigenvalue weighted by Gasteiger charge is -2.20. The molecule has 3 heterocycles. The molecule has 3 fully saturated rings. The zero-order valence-electron chi connectivity index (χ0n) is 17.7. The van der Waals surface area contributed by atoms with Gasteiger partial charge in [0.15, 0.2) is 5.78 Å². The minimum atomic E-state index is -0.0514. The van der Waals surface area contributed by atoms with E-state index in [1.165, 1.54) is 32.1 Å². The highest BCUT2D eigenvalue weighted by molar-refractivity contribution is 5.96. The number of ether oxygens (including phenoxy) is 2. The van der Waals surface area contributed by atoms with Gasteiger partial charge >= 0.3 is 0 Å². The monoisotopic (exact) mass is 409 g/mol. The van der Waals surface area contributed by atoms with Gasteiger partial charge in [0.2, 0.25) is 0 Å². The SMILES string of the molecule is Cc1cccc(C(=O)C[C@H]2CO[C@H]3[C@@H]2OC[C@@H]3n2cc(CC3CCCCC3)nn2)c1. The summed E-state index contributed by atoms with van der Waals surface area (Å²) in [5.74, 6) is 1.00. The topological polar surface area (TPSA) is 66.2 Å². The van der Waals surface area contributed by atoms with Crippen molar-refractivity contribution in [2.75, 3.05) is 13.2 Å². The molecule has 0 N–H and O–H groups in total. The number of fused-ring (bicyclic) bond motifs is 1. The second-order valence-electron chi connectivity index (χ2n) is 9.32. The van der Waals surface area contributed by atoms with Crippen LogP contribution >= 0.6 is 0 Å². The van der Waals surface area contributed by atoms with Gasteiger partial charge in [-0.25, -0.2) is 4.68 Å². The molecule has 1 saturated carbocycles. The predicted molar refractivity (Wildman–Crippen MR) is 112 cm³/mol. The number of aromatic nitrogens is 3. The molecule has 6 heteroatoms. The highest BCUT2D eigenvalue weighted by Crippen LogP contribution is 2.39. The largest absolute Gasteiger partial charge is 0.373 e. The number of ketones is 1. The molecule has 2 aromatic rings. The van der Waals surface area contributed by atoms with E-state index in [4.69, 9.17) is 9.47 Å². The van der Waals surface area contributed by atoms with E-state index in [2.05, 4.69) is 16.5 Å². The molecule has 160 valence electrons. The van der Waals surface area contributed by atoms with Crippen molar-refractivity contribution in [1.82, 2.24) is 15.0 Å². The van der Waals surface area contributed by atoms with E-state index in [0.29, 0.717) is 19.6 Å². The van der Waals surface area contributed by atoms with Crippen molar-refractivity contribution in [3.8, 4) is 0 Å². The lowest BCUT2D eigenvalue weighted by Crippen LogP contribution is -2.29. The molecule has 1 aromatic heterocycles. The average Bonchev–Trinajstić information content (AvgIpc) is 3.47. The summed E-state index contributed by atoms with van der Waals surface area (Å²) in [6.45, 7) is 3.14. The summed E-state index contributed by atoms with van der Waals surface area (Å²) in [5, 5.41) is 8.84. The summed E-state index contributed by atoms with van der Waals surface area (Å²) in [5.41, 5.74) is 2.96. The van der Waals surface area contributed by atoms with Crippen molar-refractivity contribution in [1.29, 1.82) is 0 Å². The number of hydrogen-bond donors (Lipinski definition) is 0. The molecule has 1 aromatic carbocycles. The standard InChI is InChI=1S/C24H31N3O3/c1-16-6-5-9-18(10-16)22(28)12-19-14-29-24-21(15-30-23(19)24)27-13-20(25-26-27)11-17-7-3-2-4-8-17/h5-6,9-10,13,17,19,21,23-24H,2-4,7-8,11-12,14-15H2,1H3/t19-,21-,23+,24+/m0/s1. The van der Waals surface area contributed by atoms with Gasteiger partial charge in [0.25, 0.3) is 0 Å². The molecule has 6 nitrogen and oxygen atoms in total. The first-order valence-corrected chi connectivity index (χ1v) is 11.4. The molecule has 0 unspecified atom stereocenters. The number of benzene rings is 1. The van der Waals surface area contributed by atoms with Crippen LogP contribution in [0.15, 0.2) is 30.5 Å². The van der Waals surface area contributed by atoms with Crippen LogP contribution in [-0.2, 0) is 15.9 Å². The predicted octanol–water partition coefficient (Wildman–Crippen LogP) is 3.94. The number of hydrogen-bond acceptors (Lipinski definition) is 5. The molecule has 30 heavy (non-hydrogen) atoms. The first kappa shape index (κ1) is 19.9. The molecule has 1 aliphatic carbocycles. The first-order valence-electron chi connectivity index (χ1n) is 11.4. The zero-order chi connectivity index (χ0) is 20.5. The number of nitrogens with zero attached hydrogens (tertiary/aromatic N) is 3. The van der Waals surface area contributed by atoms with Gasteiger partial charge in [-0.1, -0.05) is 61.1 Å². The lowest BCUT2D eigenvalue weighted by molar-refractivity contribution is 0.0585. The maximum Gasteiger partial charge on any atom is 0.163 e. The Labute approximate surface area is 177 Å². The Kier molecular flexibility index (Phi) is 5.70. The van der Waals surface area contributed by atoms with E-state index in [1.54, 1.807) is 0 Å². The third-order valence-corrected chi connectivity index (χ3v) is 7.04. The van der Waals surface area contributed by atoms with Crippen LogP contribution < -0.4 is 0 Å². The maximum atomic E-state index is 12.7. The van der Waals surface area contributed by atoms with Crippen molar-refractivity contribution >= 4 is 5.78 Å². The fourth-order valence-corrected chi connectivity index (χ4v) is 5.39. The van der Waals surface area contributed by atoms with Gasteiger partial charge in [-0.3, -0.25) is 4.79 Å². The van der Waals surface area contributed by atoms with Crippen LogP contribution in [0.1, 0.15) is 66.2 Å². The summed E-state index contributed by atoms with van der Waals surface area (Å²) in [4.78, 5) is 12.7. The van der Waals surface area contributed by atoms with Gasteiger partial charge in [-0.05, 0) is 25.3 Å². The average molecular weight is 410 g/mol. The molecule has 3 aliphatic rings. The molecular formula is C24H31N3O3. The van der Waals surface area contributed by atoms with Crippen LogP contribution in [-0.4, -0.2) is 46.2 Å². The fraction of sp³-hybridized carbons (Fsp3) is 0.625. The lowest BCUT2D eigenvalue weighted by atomic mass is 9.86. The normalized spacial score (nSPS) is 29.2. The molecule has 0 spiro atoms. The van der Waals surface area contributed by atoms with Gasteiger partial charge in [0.05, 0.1) is 25.0 Å². The number of carbonyl (C=O) groups is 1. The van der Waals surface area contributed by atoms with E-state index in [0.717, 1.165) is 29.2 Å². The maximum absolute atomic E-state index is 12.7. The van der Waals surface area contributed by atoms with Crippen LogP contribution in [0.5, 0.6) is 0 Å². The van der Waals surface area contributed by atoms with Crippen LogP contribution in [0.3, 0.4) is 0 Å². The Hall–Kier alpha value is -2.05. The second-order valence-corrected chi connectivity index (χ2v) is 9.32. The van der Waals surface area contributed by atoms with Crippen molar-refractivity contribution in [3.05, 3.63) is 47.3 Å². The smallest absolute Gasteiger partial charge is 0.163 e. The number of aryl methyl sites for hydroxylation is 1. The van der Waals surface area contributed by atoms with Crippen LogP contribution in [0.4, 0.5) is 0 Å². The molecule has 5 rings (SSSR count). The fourth-order valence-electron chi connectivity index (χ4n) is 5.39. The summed E-state index contributed by atoms with van der Waals surface area (Å²) in [6.07, 6.45) is 10.1. The second kappa shape index (κ2) is 8.60. The molecule has 2 aliphatic heterocycles. The van der Waals surface area contributed by atoms with Crippen molar-refractivity contribution in [3.63, 3.8) is 0 Å². The summed E-state index contributed by atoms with van der Waals surface area (Å²) >= 11 is 0. The van der Waals surface area contributed by atoms with Gasteiger partial charge in [0, 0.05) is 24.1 Å². The Balaban J connectivity index is 1.21. The van der Waals surface area contributed by atoms with E-state index < -0.39 is 0 Å². The number of Topliss-reactive ketones (excluding diaryl/α,β-unsaturated/α-hetero) is 1. The van der Waals surface area contributed by atoms with Crippen LogP contribution in [0, 0.1) is 18.8 Å². The Morgan fingerprint density at radius 1 is 1.13 bits per heavy atom. The van der Waals surface area contributed by atoms with Gasteiger partial charge in [-0.2, -0.15) is 0 Å². The van der Waals surface area contributed by atoms with E-state index in [-0.39, 0.29) is 30.0 Å². The Morgan fingerprint density at radius 3 is 2.80 bits per heavy atom. The molecule has 0 amide bonds. The third-order valence-electron chi connectivity index (χ3n) is 7.04. The first-order chi connectivity index (χ1) is 14.7. The molecule has 0 bridgehead atoms. The summed E-state index contributed by atoms with van der Waals surface area (Å²) in [7, 11) is 0. The number of carbonyl (C=O) groups excluding carboxylic acids is 1. The van der Waals surface area contributed by atoms with Crippen molar-refractivity contribution in [2.45, 2.75) is 70.1 Å². The Bertz CT molecular complexity index is 889. The highest BCUT2D eigenvalue weighted by atomic mass is 16.6. The van der Waals surface area contributed by atoms with E-state index in [1.807, 2.05) is 35.9 Å². The molecule has 4 atom stereocenters. The third kappa shape index (κ3) is 4.08. The van der Waals surface area contributed by atoms with E-state index in [9.17, 15) is 4.79 Å². The van der Waals surface area contributed by atoms with Crippen LogP contribution in [0.2, 0.25) is 0 Å². The van der Waals surface area contributed by atoms with Gasteiger partial charge in [-0.15, -0.1) is 5.10 Å². The molecule has 2 saturated heterocycles. The van der Waals surface area contributed by atoms with Crippen LogP contribution in [0.25, 0.3) is 0 Å². The highest BCUT2D eigenvalue weighted by Gasteiger charge is 2.49. The quantitative estimate of drug-likeness (QED) is 0.676. The van der Waals surface area contributed by atoms with E-state index >= 15 is 0 Å². The summed E-state index contributed by atoms with van der Waals surface area (Å²) < 4.78 is 14.2. The van der Waals surface area contributed by atoms with Crippen molar-refractivity contribution in [2.24, 2.45) is 11.8 Å². The summed E-state index contributed by atoms with van der Waals surface area (Å²) in [6, 6.07) is 7.84. The molecular weight excluding hydrogens is 378 g/mol. The van der Waals surface area contributed by atoms with Gasteiger partial charge < -0.3 is 9.47 Å².